The fourth-order valence-electron chi connectivity index (χ4n) is 12.8. The Morgan fingerprint density at radius 3 is 1.03 bits per heavy atom. The van der Waals surface area contributed by atoms with Crippen LogP contribution in [0.3, 0.4) is 0 Å². The first-order chi connectivity index (χ1) is 57.5. The molecule has 0 aliphatic carbocycles. The van der Waals surface area contributed by atoms with Gasteiger partial charge in [-0.2, -0.15) is 68.6 Å². The summed E-state index contributed by atoms with van der Waals surface area (Å²) in [6.45, 7) is 87.2. The van der Waals surface area contributed by atoms with Crippen molar-refractivity contribution in [2.45, 2.75) is 25.5 Å². The fraction of sp³-hybridized carbons (Fsp3) is 0.128. The predicted molar refractivity (Wildman–Crippen MR) is 412 cm³/mol. The van der Waals surface area contributed by atoms with Crippen LogP contribution in [0.1, 0.15) is 22.3 Å². The van der Waals surface area contributed by atoms with Crippen LogP contribution in [0.15, 0.2) is 60.7 Å². The Hall–Kier alpha value is -17.5. The van der Waals surface area contributed by atoms with Gasteiger partial charge in [0.05, 0.1) is 110 Å². The van der Waals surface area contributed by atoms with Gasteiger partial charge in [0.25, 0.3) is 0 Å². The van der Waals surface area contributed by atoms with Crippen molar-refractivity contribution in [3.05, 3.63) is 273 Å². The van der Waals surface area contributed by atoms with Gasteiger partial charge in [0.2, 0.25) is 16.4 Å². The maximum Gasteiger partial charge on any atom is 0.562 e. The van der Waals surface area contributed by atoms with Crippen LogP contribution in [-0.4, -0.2) is 96.3 Å². The van der Waals surface area contributed by atoms with E-state index in [9.17, 15) is 53.6 Å². The van der Waals surface area contributed by atoms with E-state index in [2.05, 4.69) is 98.0 Å². The molecule has 0 aliphatic heterocycles. The number of nitriles is 4. The van der Waals surface area contributed by atoms with Crippen LogP contribution in [0.5, 0.6) is 0 Å². The van der Waals surface area contributed by atoms with E-state index in [-0.39, 0.29) is 158 Å². The van der Waals surface area contributed by atoms with Gasteiger partial charge in [-0.15, -0.1) is 0 Å². The Morgan fingerprint density at radius 2 is 0.645 bits per heavy atom. The second kappa shape index (κ2) is 32.4. The SMILES string of the molecule is [C-]#[N+]C([N+]#[C-])=c1nc2c(-c3ccc(C(F)(F)F)cc3C)c(-c3ccc(C(F)(F)F)cc3C(F)(F)F)c3n/c(=C(\C#N)[N+]#[C-])n(C)c3c2n1C.[C-]#[N+]C([N+]#[C-])=c1nc2c(F)c(F)c3n/c(=C(\C#N)[N+]#[C-])n(C)c3c2n1C.[C-]#[N+]C([N+]#[C-])=c1nc2ccc3n/c(=C(\C#N)[N+]#[C-])[se]c3c2[se]1.[C-]#[N+]C([N+]#[C-])=c1nc2ccc3n/c(=C(\C#N)[N+]#[C-])n(C)c3c2n1C. The Kier molecular flexibility index (Phi) is 22.6. The zero-order chi connectivity index (χ0) is 88.7. The molecule has 8 aromatic heterocycles. The molecular weight excluding hydrogens is 1720 g/mol. The van der Waals surface area contributed by atoms with Crippen molar-refractivity contribution in [1.29, 1.82) is 21.0 Å². The van der Waals surface area contributed by atoms with Crippen molar-refractivity contribution >= 4 is 161 Å². The van der Waals surface area contributed by atoms with Crippen LogP contribution < -0.4 is 41.3 Å². The molecule has 14 aromatic rings. The number of nitrogens with zero attached hydrogens (tertiary/aromatic N) is 30. The summed E-state index contributed by atoms with van der Waals surface area (Å²) in [7, 11) is 8.99. The van der Waals surface area contributed by atoms with E-state index in [1.54, 1.807) is 47.5 Å². The minimum absolute atomic E-state index is 0.0158. The molecule has 0 unspecified atom stereocenters. The van der Waals surface area contributed by atoms with E-state index in [4.69, 9.17) is 94.7 Å². The molecule has 0 spiro atoms. The van der Waals surface area contributed by atoms with Gasteiger partial charge in [0.15, 0.2) is 11.6 Å². The number of imidazole rings is 6. The van der Waals surface area contributed by atoms with Crippen molar-refractivity contribution in [1.82, 2.24) is 67.3 Å². The Morgan fingerprint density at radius 1 is 0.339 bits per heavy atom. The monoisotopic (exact) mass is 1760 g/mol. The summed E-state index contributed by atoms with van der Waals surface area (Å²) in [4.78, 5) is 71.9. The average Bonchev–Trinajstić information content (AvgIpc) is 1.58. The Bertz CT molecular complexity index is 7970. The van der Waals surface area contributed by atoms with Crippen molar-refractivity contribution < 1.29 is 48.3 Å². The topological polar surface area (TPSA) is 280 Å². The Labute approximate surface area is 680 Å². The third-order valence-electron chi connectivity index (χ3n) is 18.0. The average molecular weight is 1760 g/mol. The molecule has 14 rings (SSSR count). The third-order valence-corrected chi connectivity index (χ3v) is 23.3. The van der Waals surface area contributed by atoms with E-state index in [0.29, 0.717) is 48.7 Å². The zero-order valence-electron chi connectivity index (χ0n) is 61.7. The number of alkyl halides is 9. The van der Waals surface area contributed by atoms with Crippen LogP contribution in [0, 0.1) is 143 Å². The van der Waals surface area contributed by atoms with Crippen LogP contribution in [0.2, 0.25) is 0 Å². The first kappa shape index (κ1) is 84.5. The molecule has 0 bridgehead atoms. The number of benzene rings is 6. The van der Waals surface area contributed by atoms with Crippen LogP contribution in [0.4, 0.5) is 48.3 Å². The number of hydrogen-bond acceptors (Lipinski definition) is 12. The number of halogens is 11. The van der Waals surface area contributed by atoms with Gasteiger partial charge in [0, 0.05) is 53.4 Å². The molecule has 0 radical (unpaired) electrons. The molecule has 0 saturated carbocycles. The largest absolute Gasteiger partial charge is 0.562 e. The molecule has 0 atom stereocenters. The predicted octanol–water partition coefficient (Wildman–Crippen LogP) is 10.1. The van der Waals surface area contributed by atoms with Gasteiger partial charge < -0.3 is 27.4 Å². The number of aromatic nitrogens is 14. The van der Waals surface area contributed by atoms with E-state index in [0.717, 1.165) is 31.7 Å². The van der Waals surface area contributed by atoms with E-state index in [1.165, 1.54) is 53.4 Å². The standard InChI is InChI=1S/C32H15F9N8.C16H6F2N8.C16H8N8.C14H2N6Se2/c1-14-11-15(30(33,34)35)7-9-17(14)21-22(18-10-8-16(31(36,37)38)12-19(18)32(39,40)41)24-25(48(5)28(46-24)20(13-42)43-2)26-23(21)47-29(49(26)6)27(44-3)45-4;1-20-7(6-19)15-23-10-8(17)9(18)11-13(12(10)25(15)4)26(5)16(24-11)14(21-2)22-3;1-18-11(8-17)15-21-9-6-7-10-13(12(9)23(15)4)24(5)16(22-10)14(19-2)20-3;1-16-9(6-15)13-19-7-4-5-8-11(10(7)21-13)22-14(20-8)12(17-2)18-3/h7-12H,1,5-6H3;4-5H3;6-7H,4-5H3;4-5H/b28-20-;15-7-;15-11-;13-9-. The quantitative estimate of drug-likeness (QED) is 0.0888. The first-order valence-electron chi connectivity index (χ1n) is 32.6. The molecule has 0 N–H and O–H groups in total. The smallest absolute Gasteiger partial charge is 0.334 e. The maximum atomic E-state index is 14.7. The third kappa shape index (κ3) is 14.4. The molecule has 8 heterocycles. The van der Waals surface area contributed by atoms with Gasteiger partial charge >= 0.3 is 189 Å². The van der Waals surface area contributed by atoms with Crippen molar-refractivity contribution in [2.24, 2.45) is 42.3 Å². The summed E-state index contributed by atoms with van der Waals surface area (Å²) in [5.74, 6) is -3.66. The van der Waals surface area contributed by atoms with Crippen LogP contribution in [-0.2, 0) is 60.8 Å². The second-order valence-corrected chi connectivity index (χ2v) is 28.7. The van der Waals surface area contributed by atoms with Gasteiger partial charge in [0.1, 0.15) is 66.9 Å². The van der Waals surface area contributed by atoms with Gasteiger partial charge in [-0.05, 0) is 60.0 Å². The fourth-order valence-corrected chi connectivity index (χ4v) is 17.6. The first-order valence-corrected chi connectivity index (χ1v) is 36.1. The zero-order valence-corrected chi connectivity index (χ0v) is 65.1. The van der Waals surface area contributed by atoms with E-state index < -0.39 is 75.3 Å². The molecule has 30 nitrogen and oxygen atoms in total. The summed E-state index contributed by atoms with van der Waals surface area (Å²) < 4.78 is 167. The maximum absolute atomic E-state index is 14.7. The summed E-state index contributed by atoms with van der Waals surface area (Å²) in [5.41, 5.74) is -5.09. The van der Waals surface area contributed by atoms with E-state index in [1.807, 2.05) is 24.3 Å². The summed E-state index contributed by atoms with van der Waals surface area (Å²) >= 11 is -0.415. The van der Waals surface area contributed by atoms with Gasteiger partial charge in [-0.25, -0.2) is 69.0 Å². The van der Waals surface area contributed by atoms with Crippen molar-refractivity contribution in [2.75, 3.05) is 0 Å². The molecule has 121 heavy (non-hydrogen) atoms. The molecule has 6 aromatic carbocycles. The normalized spacial score (nSPS) is 12.0. The molecule has 0 fully saturated rings. The molecule has 0 aliphatic rings. The molecule has 0 saturated heterocycles. The van der Waals surface area contributed by atoms with Crippen molar-refractivity contribution in [3.8, 4) is 46.5 Å². The number of hydrogen-bond donors (Lipinski definition) is 0. The molecule has 0 amide bonds. The van der Waals surface area contributed by atoms with Gasteiger partial charge in [-0.3, -0.25) is 0 Å². The number of aryl methyl sites for hydroxylation is 7. The van der Waals surface area contributed by atoms with Crippen LogP contribution in [0.25, 0.3) is 212 Å². The van der Waals surface area contributed by atoms with E-state index >= 15 is 0 Å². The van der Waals surface area contributed by atoms with Crippen LogP contribution >= 0.6 is 0 Å². The number of fused-ring (bicyclic) bond motifs is 12. The van der Waals surface area contributed by atoms with Gasteiger partial charge in [-0.1, -0.05) is 12.1 Å². The minimum atomic E-state index is -5.42. The minimum Gasteiger partial charge on any atom is -0.334 e. The molecule has 43 heteroatoms. The Balaban J connectivity index is 0.000000168. The van der Waals surface area contributed by atoms with Crippen molar-refractivity contribution in [3.63, 3.8) is 0 Å². The number of rotatable bonds is 2. The summed E-state index contributed by atoms with van der Waals surface area (Å²) in [6.07, 6.45) is -15.4. The summed E-state index contributed by atoms with van der Waals surface area (Å²) in [5, 5.41) is 36.8. The molecular formula is C78H31F11N30Se2. The summed E-state index contributed by atoms with van der Waals surface area (Å²) in [6, 6.07) is 17.3. The second-order valence-electron chi connectivity index (χ2n) is 24.5. The molecule has 582 valence electrons.